The van der Waals surface area contributed by atoms with Crippen LogP contribution in [0.4, 0.5) is 15.3 Å². The third-order valence-electron chi connectivity index (χ3n) is 4.71. The molecule has 1 fully saturated rings. The lowest BCUT2D eigenvalue weighted by Crippen LogP contribution is -2.38. The Hall–Kier alpha value is -2.25. The molecular formula is C19H23FN4OS. The quantitative estimate of drug-likeness (QED) is 0.756. The molecule has 2 heterocycles. The maximum Gasteiger partial charge on any atom is 0.210 e. The number of hydrogen-bond acceptors (Lipinski definition) is 6. The van der Waals surface area contributed by atoms with E-state index in [2.05, 4.69) is 28.7 Å². The van der Waals surface area contributed by atoms with E-state index < -0.39 is 11.6 Å². The molecule has 7 heteroatoms. The van der Waals surface area contributed by atoms with Gasteiger partial charge < -0.3 is 16.0 Å². The van der Waals surface area contributed by atoms with E-state index in [0.29, 0.717) is 16.7 Å². The van der Waals surface area contributed by atoms with Gasteiger partial charge in [-0.3, -0.25) is 4.79 Å². The van der Waals surface area contributed by atoms with Gasteiger partial charge in [-0.05, 0) is 31.0 Å². The van der Waals surface area contributed by atoms with Crippen molar-refractivity contribution in [3.8, 4) is 0 Å². The molecule has 1 aliphatic rings. The van der Waals surface area contributed by atoms with Crippen LogP contribution in [0, 0.1) is 5.82 Å². The summed E-state index contributed by atoms with van der Waals surface area (Å²) in [6, 6.07) is 4.78. The van der Waals surface area contributed by atoms with E-state index in [1.807, 2.05) is 0 Å². The summed E-state index contributed by atoms with van der Waals surface area (Å²) in [7, 11) is 0. The molecule has 5 nitrogen and oxygen atoms in total. The highest BCUT2D eigenvalue weighted by Gasteiger charge is 2.24. The summed E-state index contributed by atoms with van der Waals surface area (Å²) < 4.78 is 14.2. The maximum atomic E-state index is 14.2. The number of carbonyl (C=O) groups excluding carboxylic acids is 1. The number of ketones is 1. The second-order valence-corrected chi connectivity index (χ2v) is 7.32. The number of benzene rings is 1. The van der Waals surface area contributed by atoms with Gasteiger partial charge in [0.2, 0.25) is 5.78 Å². The first kappa shape index (κ1) is 18.5. The minimum absolute atomic E-state index is 0.0133. The SMILES string of the molecule is C=Cc1cccc(F)c1C(=O)c1sc(NC2CCN(CC)CC2)nc1N. The van der Waals surface area contributed by atoms with Crippen LogP contribution in [0.15, 0.2) is 24.8 Å². The van der Waals surface area contributed by atoms with Crippen LogP contribution in [0.25, 0.3) is 6.08 Å². The molecule has 3 rings (SSSR count). The molecule has 3 N–H and O–H groups in total. The van der Waals surface area contributed by atoms with E-state index in [1.54, 1.807) is 12.1 Å². The van der Waals surface area contributed by atoms with Crippen molar-refractivity contribution in [1.29, 1.82) is 0 Å². The highest BCUT2D eigenvalue weighted by molar-refractivity contribution is 7.18. The zero-order valence-electron chi connectivity index (χ0n) is 14.8. The van der Waals surface area contributed by atoms with E-state index in [-0.39, 0.29) is 16.3 Å². The van der Waals surface area contributed by atoms with Gasteiger partial charge in [0.15, 0.2) is 5.13 Å². The lowest BCUT2D eigenvalue weighted by atomic mass is 10.0. The number of nitrogens with one attached hydrogen (secondary N) is 1. The Kier molecular flexibility index (Phi) is 5.68. The molecular weight excluding hydrogens is 351 g/mol. The van der Waals surface area contributed by atoms with E-state index in [4.69, 9.17) is 5.73 Å². The highest BCUT2D eigenvalue weighted by atomic mass is 32.1. The van der Waals surface area contributed by atoms with Gasteiger partial charge in [0, 0.05) is 19.1 Å². The van der Waals surface area contributed by atoms with Gasteiger partial charge >= 0.3 is 0 Å². The van der Waals surface area contributed by atoms with Gasteiger partial charge in [-0.15, -0.1) is 0 Å². The minimum atomic E-state index is -0.582. The summed E-state index contributed by atoms with van der Waals surface area (Å²) in [5.41, 5.74) is 6.39. The van der Waals surface area contributed by atoms with Gasteiger partial charge in [-0.2, -0.15) is 0 Å². The monoisotopic (exact) mass is 374 g/mol. The summed E-state index contributed by atoms with van der Waals surface area (Å²) in [4.78, 5) is 19.8. The average Bonchev–Trinajstić information content (AvgIpc) is 3.01. The fraction of sp³-hybridized carbons (Fsp3) is 0.368. The number of anilines is 2. The van der Waals surface area contributed by atoms with Crippen LogP contribution in [0.1, 0.15) is 40.6 Å². The second kappa shape index (κ2) is 7.97. The molecule has 0 bridgehead atoms. The van der Waals surface area contributed by atoms with Crippen molar-refractivity contribution in [2.75, 3.05) is 30.7 Å². The number of thiazole rings is 1. The first-order valence-corrected chi connectivity index (χ1v) is 9.56. The lowest BCUT2D eigenvalue weighted by molar-refractivity contribution is 0.103. The number of hydrogen-bond donors (Lipinski definition) is 2. The van der Waals surface area contributed by atoms with Crippen LogP contribution in [-0.4, -0.2) is 41.3 Å². The molecule has 1 aliphatic heterocycles. The van der Waals surface area contributed by atoms with Gasteiger partial charge in [-0.25, -0.2) is 9.37 Å². The minimum Gasteiger partial charge on any atom is -0.382 e. The molecule has 0 radical (unpaired) electrons. The van der Waals surface area contributed by atoms with Crippen molar-refractivity contribution in [2.24, 2.45) is 0 Å². The smallest absolute Gasteiger partial charge is 0.210 e. The number of likely N-dealkylation sites (tertiary alicyclic amines) is 1. The molecule has 0 saturated carbocycles. The molecule has 0 spiro atoms. The van der Waals surface area contributed by atoms with Gasteiger partial charge in [0.05, 0.1) is 5.56 Å². The predicted molar refractivity (Wildman–Crippen MR) is 105 cm³/mol. The maximum absolute atomic E-state index is 14.2. The Balaban J connectivity index is 1.78. The fourth-order valence-corrected chi connectivity index (χ4v) is 4.10. The van der Waals surface area contributed by atoms with E-state index in [9.17, 15) is 9.18 Å². The van der Waals surface area contributed by atoms with Crippen molar-refractivity contribution < 1.29 is 9.18 Å². The van der Waals surface area contributed by atoms with Crippen molar-refractivity contribution in [3.05, 3.63) is 46.6 Å². The molecule has 26 heavy (non-hydrogen) atoms. The first-order chi connectivity index (χ1) is 12.5. The van der Waals surface area contributed by atoms with Crippen molar-refractivity contribution in [1.82, 2.24) is 9.88 Å². The summed E-state index contributed by atoms with van der Waals surface area (Å²) in [5.74, 6) is -0.907. The standard InChI is InChI=1S/C19H23FN4OS/c1-3-12-6-5-7-14(20)15(12)16(25)17-18(21)23-19(26-17)22-13-8-10-24(4-2)11-9-13/h3,5-7,13H,1,4,8-11,21H2,2H3,(H,22,23). The number of nitrogens with two attached hydrogens (primary N) is 1. The molecule has 2 aromatic rings. The zero-order chi connectivity index (χ0) is 18.7. The van der Waals surface area contributed by atoms with Crippen LogP contribution in [-0.2, 0) is 0 Å². The van der Waals surface area contributed by atoms with Crippen LogP contribution in [0.5, 0.6) is 0 Å². The molecule has 1 aromatic carbocycles. The van der Waals surface area contributed by atoms with Gasteiger partial charge in [0.25, 0.3) is 0 Å². The Morgan fingerprint density at radius 3 is 2.88 bits per heavy atom. The number of piperidine rings is 1. The summed E-state index contributed by atoms with van der Waals surface area (Å²) in [5, 5.41) is 3.98. The van der Waals surface area contributed by atoms with Gasteiger partial charge in [-0.1, -0.05) is 43.0 Å². The van der Waals surface area contributed by atoms with E-state index in [1.165, 1.54) is 23.5 Å². The first-order valence-electron chi connectivity index (χ1n) is 8.74. The summed E-state index contributed by atoms with van der Waals surface area (Å²) in [6.45, 7) is 8.95. The Morgan fingerprint density at radius 1 is 1.50 bits per heavy atom. The molecule has 0 aliphatic carbocycles. The van der Waals surface area contributed by atoms with Crippen LogP contribution >= 0.6 is 11.3 Å². The predicted octanol–water partition coefficient (Wildman–Crippen LogP) is 3.63. The molecule has 0 atom stereocenters. The van der Waals surface area contributed by atoms with Gasteiger partial charge in [0.1, 0.15) is 16.5 Å². The van der Waals surface area contributed by atoms with Crippen molar-refractivity contribution in [3.63, 3.8) is 0 Å². The molecule has 1 aromatic heterocycles. The van der Waals surface area contributed by atoms with Crippen LogP contribution < -0.4 is 11.1 Å². The Labute approximate surface area is 156 Å². The number of nitrogens with zero attached hydrogens (tertiary/aromatic N) is 2. The van der Waals surface area contributed by atoms with Crippen LogP contribution in [0.2, 0.25) is 0 Å². The second-order valence-electron chi connectivity index (χ2n) is 6.32. The number of nitrogen functional groups attached to an aromatic ring is 1. The number of halogens is 1. The highest BCUT2D eigenvalue weighted by Crippen LogP contribution is 2.31. The summed E-state index contributed by atoms with van der Waals surface area (Å²) >= 11 is 1.18. The lowest BCUT2D eigenvalue weighted by Gasteiger charge is -2.31. The average molecular weight is 374 g/mol. The number of rotatable bonds is 6. The van der Waals surface area contributed by atoms with Crippen LogP contribution in [0.3, 0.4) is 0 Å². The summed E-state index contributed by atoms with van der Waals surface area (Å²) in [6.07, 6.45) is 3.50. The fourth-order valence-electron chi connectivity index (χ4n) is 3.19. The van der Waals surface area contributed by atoms with E-state index >= 15 is 0 Å². The number of carbonyl (C=O) groups is 1. The Bertz CT molecular complexity index is 812. The third-order valence-corrected chi connectivity index (χ3v) is 5.72. The molecule has 0 unspecified atom stereocenters. The topological polar surface area (TPSA) is 71.2 Å². The van der Waals surface area contributed by atoms with E-state index in [0.717, 1.165) is 32.5 Å². The Morgan fingerprint density at radius 2 is 2.23 bits per heavy atom. The van der Waals surface area contributed by atoms with Crippen molar-refractivity contribution >= 4 is 34.1 Å². The number of aromatic nitrogens is 1. The largest absolute Gasteiger partial charge is 0.382 e. The normalized spacial score (nSPS) is 15.8. The molecule has 138 valence electrons. The molecule has 1 saturated heterocycles. The van der Waals surface area contributed by atoms with Crippen molar-refractivity contribution in [2.45, 2.75) is 25.8 Å². The zero-order valence-corrected chi connectivity index (χ0v) is 15.6. The molecule has 0 amide bonds. The third kappa shape index (κ3) is 3.78.